The number of aliphatic hydroxyl groups excluding tert-OH is 1. The molecule has 0 aromatic rings. The van der Waals surface area contributed by atoms with E-state index in [4.69, 9.17) is 0 Å². The van der Waals surface area contributed by atoms with Gasteiger partial charge in [-0.25, -0.2) is 0 Å². The molecule has 3 rings (SSSR count). The molecular formula is C23H41NO. The van der Waals surface area contributed by atoms with E-state index in [9.17, 15) is 5.11 Å². The van der Waals surface area contributed by atoms with Gasteiger partial charge in [0.1, 0.15) is 0 Å². The average molecular weight is 348 g/mol. The minimum Gasteiger partial charge on any atom is -0.393 e. The van der Waals surface area contributed by atoms with Gasteiger partial charge in [-0.15, -0.1) is 0 Å². The first-order valence-electron chi connectivity index (χ1n) is 11.2. The Hall–Kier alpha value is -0.340. The zero-order valence-electron chi connectivity index (χ0n) is 16.7. The van der Waals surface area contributed by atoms with Crippen LogP contribution in [0.15, 0.2) is 12.2 Å². The lowest BCUT2D eigenvalue weighted by Crippen LogP contribution is -2.52. The molecule has 0 aromatic carbocycles. The van der Waals surface area contributed by atoms with Crippen LogP contribution in [0, 0.1) is 17.8 Å². The Balaban J connectivity index is 1.40. The first-order chi connectivity index (χ1) is 12.0. The monoisotopic (exact) mass is 347 g/mol. The SMILES string of the molecule is CC(C)(NC1CCC(/C=C/C2CCCCC2)CC1)C1CCC(O)CC1. The average Bonchev–Trinajstić information content (AvgIpc) is 2.62. The smallest absolute Gasteiger partial charge is 0.0540 e. The van der Waals surface area contributed by atoms with Gasteiger partial charge in [0.05, 0.1) is 6.10 Å². The van der Waals surface area contributed by atoms with Gasteiger partial charge in [-0.05, 0) is 95.8 Å². The molecule has 2 nitrogen and oxygen atoms in total. The Morgan fingerprint density at radius 1 is 0.720 bits per heavy atom. The third kappa shape index (κ3) is 5.82. The molecule has 0 heterocycles. The number of aliphatic hydroxyl groups is 1. The van der Waals surface area contributed by atoms with Gasteiger partial charge < -0.3 is 10.4 Å². The van der Waals surface area contributed by atoms with Crippen molar-refractivity contribution in [2.45, 2.75) is 115 Å². The van der Waals surface area contributed by atoms with E-state index in [2.05, 4.69) is 31.3 Å². The highest BCUT2D eigenvalue weighted by molar-refractivity contribution is 4.98. The van der Waals surface area contributed by atoms with Gasteiger partial charge in [-0.1, -0.05) is 31.4 Å². The summed E-state index contributed by atoms with van der Waals surface area (Å²) in [5.74, 6) is 2.43. The lowest BCUT2D eigenvalue weighted by atomic mass is 9.74. The fourth-order valence-corrected chi connectivity index (χ4v) is 5.54. The minimum absolute atomic E-state index is 0.0431. The maximum Gasteiger partial charge on any atom is 0.0540 e. The van der Waals surface area contributed by atoms with Gasteiger partial charge in [0.25, 0.3) is 0 Å². The fourth-order valence-electron chi connectivity index (χ4n) is 5.54. The fraction of sp³-hybridized carbons (Fsp3) is 0.913. The molecule has 25 heavy (non-hydrogen) atoms. The second kappa shape index (κ2) is 9.04. The highest BCUT2D eigenvalue weighted by Gasteiger charge is 2.34. The van der Waals surface area contributed by atoms with Crippen molar-refractivity contribution in [2.24, 2.45) is 17.8 Å². The molecule has 0 amide bonds. The minimum atomic E-state index is -0.0431. The highest BCUT2D eigenvalue weighted by atomic mass is 16.3. The molecule has 3 saturated carbocycles. The molecule has 3 aliphatic carbocycles. The third-order valence-electron chi connectivity index (χ3n) is 7.37. The summed E-state index contributed by atoms with van der Waals surface area (Å²) in [6, 6.07) is 0.696. The molecular weight excluding hydrogens is 306 g/mol. The van der Waals surface area contributed by atoms with Crippen LogP contribution in [-0.4, -0.2) is 22.8 Å². The maximum atomic E-state index is 9.76. The van der Waals surface area contributed by atoms with Crippen LogP contribution in [0.2, 0.25) is 0 Å². The van der Waals surface area contributed by atoms with Gasteiger partial charge in [0.2, 0.25) is 0 Å². The molecule has 2 heteroatoms. The van der Waals surface area contributed by atoms with Crippen molar-refractivity contribution in [1.82, 2.24) is 5.32 Å². The van der Waals surface area contributed by atoms with Gasteiger partial charge in [0.15, 0.2) is 0 Å². The predicted octanol–water partition coefficient (Wildman–Crippen LogP) is 5.60. The summed E-state index contributed by atoms with van der Waals surface area (Å²) in [4.78, 5) is 0. The zero-order valence-corrected chi connectivity index (χ0v) is 16.7. The largest absolute Gasteiger partial charge is 0.393 e. The van der Waals surface area contributed by atoms with E-state index in [0.29, 0.717) is 6.04 Å². The highest BCUT2D eigenvalue weighted by Crippen LogP contribution is 2.35. The van der Waals surface area contributed by atoms with Crippen LogP contribution >= 0.6 is 0 Å². The first kappa shape index (κ1) is 19.4. The quantitative estimate of drug-likeness (QED) is 0.634. The molecule has 0 spiro atoms. The third-order valence-corrected chi connectivity index (χ3v) is 7.37. The first-order valence-corrected chi connectivity index (χ1v) is 11.2. The molecule has 0 bridgehead atoms. The van der Waals surface area contributed by atoms with E-state index in [-0.39, 0.29) is 11.6 Å². The van der Waals surface area contributed by atoms with Crippen LogP contribution in [0.5, 0.6) is 0 Å². The summed E-state index contributed by atoms with van der Waals surface area (Å²) in [5, 5.41) is 13.8. The van der Waals surface area contributed by atoms with Crippen molar-refractivity contribution < 1.29 is 5.11 Å². The number of hydrogen-bond donors (Lipinski definition) is 2. The molecule has 0 aliphatic heterocycles. The summed E-state index contributed by atoms with van der Waals surface area (Å²) in [6.45, 7) is 4.79. The zero-order chi connectivity index (χ0) is 17.7. The Morgan fingerprint density at radius 2 is 1.28 bits per heavy atom. The Labute approximate surface area is 155 Å². The van der Waals surface area contributed by atoms with Crippen LogP contribution in [0.1, 0.15) is 97.3 Å². The Bertz CT molecular complexity index is 408. The van der Waals surface area contributed by atoms with Crippen molar-refractivity contribution in [2.75, 3.05) is 0 Å². The Kier molecular flexibility index (Phi) is 7.02. The molecule has 0 atom stereocenters. The topological polar surface area (TPSA) is 32.3 Å². The predicted molar refractivity (Wildman–Crippen MR) is 107 cm³/mol. The second-order valence-electron chi connectivity index (χ2n) is 9.77. The summed E-state index contributed by atoms with van der Waals surface area (Å²) >= 11 is 0. The van der Waals surface area contributed by atoms with Gasteiger partial charge in [0, 0.05) is 11.6 Å². The molecule has 0 unspecified atom stereocenters. The van der Waals surface area contributed by atoms with Crippen LogP contribution in [0.4, 0.5) is 0 Å². The Morgan fingerprint density at radius 3 is 1.88 bits per heavy atom. The van der Waals surface area contributed by atoms with Gasteiger partial charge in [-0.3, -0.25) is 0 Å². The van der Waals surface area contributed by atoms with E-state index in [0.717, 1.165) is 30.6 Å². The van der Waals surface area contributed by atoms with E-state index in [1.807, 2.05) is 0 Å². The molecule has 0 aromatic heterocycles. The van der Waals surface area contributed by atoms with Gasteiger partial charge in [-0.2, -0.15) is 0 Å². The summed E-state index contributed by atoms with van der Waals surface area (Å²) in [5.41, 5.74) is 0.218. The van der Waals surface area contributed by atoms with Crippen molar-refractivity contribution in [3.05, 3.63) is 12.2 Å². The van der Waals surface area contributed by atoms with E-state index in [1.54, 1.807) is 0 Å². The molecule has 2 N–H and O–H groups in total. The van der Waals surface area contributed by atoms with Crippen molar-refractivity contribution in [3.8, 4) is 0 Å². The van der Waals surface area contributed by atoms with E-state index >= 15 is 0 Å². The number of hydrogen-bond acceptors (Lipinski definition) is 2. The molecule has 144 valence electrons. The number of allylic oxidation sites excluding steroid dienone is 2. The normalized spacial score (nSPS) is 36.0. The standard InChI is InChI=1S/C23H41NO/c1-23(2,20-12-16-22(25)17-13-20)24-21-14-10-19(11-15-21)9-8-18-6-4-3-5-7-18/h8-9,18-22,24-25H,3-7,10-17H2,1-2H3/b9-8+. The van der Waals surface area contributed by atoms with Crippen LogP contribution in [-0.2, 0) is 0 Å². The molecule has 3 aliphatic rings. The van der Waals surface area contributed by atoms with E-state index in [1.165, 1.54) is 70.6 Å². The van der Waals surface area contributed by atoms with Crippen LogP contribution in [0.3, 0.4) is 0 Å². The second-order valence-corrected chi connectivity index (χ2v) is 9.77. The van der Waals surface area contributed by atoms with Crippen molar-refractivity contribution >= 4 is 0 Å². The van der Waals surface area contributed by atoms with Crippen molar-refractivity contribution in [1.29, 1.82) is 0 Å². The number of nitrogens with one attached hydrogen (secondary N) is 1. The molecule has 0 radical (unpaired) electrons. The van der Waals surface area contributed by atoms with Crippen LogP contribution in [0.25, 0.3) is 0 Å². The number of rotatable bonds is 5. The lowest BCUT2D eigenvalue weighted by molar-refractivity contribution is 0.0739. The maximum absolute atomic E-state index is 9.76. The molecule has 0 saturated heterocycles. The lowest BCUT2D eigenvalue weighted by Gasteiger charge is -2.43. The molecule has 3 fully saturated rings. The van der Waals surface area contributed by atoms with Crippen molar-refractivity contribution in [3.63, 3.8) is 0 Å². The van der Waals surface area contributed by atoms with E-state index < -0.39 is 0 Å². The van der Waals surface area contributed by atoms with Gasteiger partial charge >= 0.3 is 0 Å². The summed E-state index contributed by atoms with van der Waals surface area (Å²) in [6.07, 6.45) is 22.0. The summed E-state index contributed by atoms with van der Waals surface area (Å²) < 4.78 is 0. The summed E-state index contributed by atoms with van der Waals surface area (Å²) in [7, 11) is 0. The van der Waals surface area contributed by atoms with Crippen LogP contribution < -0.4 is 5.32 Å².